The van der Waals surface area contributed by atoms with Crippen LogP contribution in [-0.2, 0) is 12.6 Å². The minimum absolute atomic E-state index is 0.221. The fourth-order valence-corrected chi connectivity index (χ4v) is 1.79. The van der Waals surface area contributed by atoms with E-state index in [1.54, 1.807) is 6.07 Å². The Bertz CT molecular complexity index is 405. The number of benzene rings is 1. The van der Waals surface area contributed by atoms with Crippen molar-refractivity contribution in [3.8, 4) is 0 Å². The molecule has 1 N–H and O–H groups in total. The van der Waals surface area contributed by atoms with Crippen molar-refractivity contribution in [2.75, 3.05) is 0 Å². The van der Waals surface area contributed by atoms with Gasteiger partial charge < -0.3 is 5.11 Å². The van der Waals surface area contributed by atoms with Crippen molar-refractivity contribution in [3.05, 3.63) is 34.9 Å². The maximum Gasteiger partial charge on any atom is 0.416 e. The predicted octanol–water partition coefficient (Wildman–Crippen LogP) is 3.08. The molecule has 0 unspecified atom stereocenters. The second-order valence-electron chi connectivity index (χ2n) is 4.55. The fraction of sp³-hybridized carbons (Fsp3) is 0.500. The number of hydrogen-bond acceptors (Lipinski definition) is 1. The first-order chi connectivity index (χ1) is 7.30. The van der Waals surface area contributed by atoms with Crippen LogP contribution in [0.25, 0.3) is 0 Å². The van der Waals surface area contributed by atoms with Crippen molar-refractivity contribution in [1.82, 2.24) is 0 Å². The third-order valence-electron chi connectivity index (χ3n) is 2.97. The number of aryl methyl sites for hydroxylation is 1. The largest absolute Gasteiger partial charge is 0.416 e. The van der Waals surface area contributed by atoms with Crippen LogP contribution in [0.1, 0.15) is 29.5 Å². The van der Waals surface area contributed by atoms with Gasteiger partial charge >= 0.3 is 6.18 Å². The van der Waals surface area contributed by atoms with Crippen molar-refractivity contribution < 1.29 is 18.3 Å². The van der Waals surface area contributed by atoms with Crippen molar-refractivity contribution in [1.29, 1.82) is 0 Å². The number of rotatable bonds is 2. The van der Waals surface area contributed by atoms with Gasteiger partial charge in [0.2, 0.25) is 0 Å². The Morgan fingerprint density at radius 3 is 2.44 bits per heavy atom. The summed E-state index contributed by atoms with van der Waals surface area (Å²) in [6, 6.07) is 4.26. The molecule has 1 aliphatic carbocycles. The summed E-state index contributed by atoms with van der Waals surface area (Å²) in [5.41, 5.74) is -0.579. The number of hydrogen-bond donors (Lipinski definition) is 1. The molecule has 1 aromatic rings. The molecule has 1 nitrogen and oxygen atoms in total. The molecule has 0 radical (unpaired) electrons. The van der Waals surface area contributed by atoms with Crippen LogP contribution in [0.4, 0.5) is 13.2 Å². The SMILES string of the molecule is Cc1ccc(CC2(O)CC2)cc1C(F)(F)F. The van der Waals surface area contributed by atoms with Gasteiger partial charge in [-0.25, -0.2) is 0 Å². The molecule has 0 amide bonds. The van der Waals surface area contributed by atoms with E-state index >= 15 is 0 Å². The maximum absolute atomic E-state index is 12.6. The summed E-state index contributed by atoms with van der Waals surface area (Å²) >= 11 is 0. The number of aliphatic hydroxyl groups is 1. The van der Waals surface area contributed by atoms with Gasteiger partial charge in [0.25, 0.3) is 0 Å². The number of halogens is 3. The van der Waals surface area contributed by atoms with E-state index in [1.807, 2.05) is 0 Å². The molecule has 1 aliphatic rings. The molecule has 0 aliphatic heterocycles. The van der Waals surface area contributed by atoms with E-state index in [4.69, 9.17) is 0 Å². The molecule has 2 rings (SSSR count). The zero-order valence-electron chi connectivity index (χ0n) is 8.93. The fourth-order valence-electron chi connectivity index (χ4n) is 1.79. The van der Waals surface area contributed by atoms with E-state index in [1.165, 1.54) is 13.0 Å². The van der Waals surface area contributed by atoms with Gasteiger partial charge in [0.05, 0.1) is 11.2 Å². The van der Waals surface area contributed by atoms with Gasteiger partial charge in [-0.2, -0.15) is 13.2 Å². The molecular weight excluding hydrogens is 217 g/mol. The summed E-state index contributed by atoms with van der Waals surface area (Å²) < 4.78 is 37.8. The van der Waals surface area contributed by atoms with Gasteiger partial charge in [0.1, 0.15) is 0 Å². The first-order valence-corrected chi connectivity index (χ1v) is 5.19. The second kappa shape index (κ2) is 3.48. The van der Waals surface area contributed by atoms with E-state index < -0.39 is 17.3 Å². The Kier molecular flexibility index (Phi) is 2.49. The van der Waals surface area contributed by atoms with E-state index in [0.717, 1.165) is 6.07 Å². The molecule has 1 saturated carbocycles. The minimum Gasteiger partial charge on any atom is -0.390 e. The molecule has 0 aromatic heterocycles. The Morgan fingerprint density at radius 2 is 1.94 bits per heavy atom. The lowest BCUT2D eigenvalue weighted by atomic mass is 10.00. The predicted molar refractivity (Wildman–Crippen MR) is 54.1 cm³/mol. The van der Waals surface area contributed by atoms with Crippen molar-refractivity contribution in [3.63, 3.8) is 0 Å². The van der Waals surface area contributed by atoms with Crippen molar-refractivity contribution in [2.45, 2.75) is 38.0 Å². The summed E-state index contributed by atoms with van der Waals surface area (Å²) in [4.78, 5) is 0. The monoisotopic (exact) mass is 230 g/mol. The zero-order chi connectivity index (χ0) is 12.0. The van der Waals surface area contributed by atoms with Crippen LogP contribution in [0.3, 0.4) is 0 Å². The van der Waals surface area contributed by atoms with Crippen LogP contribution in [0.5, 0.6) is 0 Å². The van der Waals surface area contributed by atoms with E-state index in [-0.39, 0.29) is 5.56 Å². The van der Waals surface area contributed by atoms with Gasteiger partial charge in [-0.05, 0) is 37.0 Å². The molecule has 88 valence electrons. The molecule has 0 heterocycles. The number of alkyl halides is 3. The van der Waals surface area contributed by atoms with Gasteiger partial charge in [-0.3, -0.25) is 0 Å². The molecule has 0 saturated heterocycles. The Hall–Kier alpha value is -1.03. The van der Waals surface area contributed by atoms with Gasteiger partial charge in [-0.15, -0.1) is 0 Å². The maximum atomic E-state index is 12.6. The molecule has 1 fully saturated rings. The molecular formula is C12H13F3O. The molecule has 0 atom stereocenters. The van der Waals surface area contributed by atoms with E-state index in [9.17, 15) is 18.3 Å². The highest BCUT2D eigenvalue weighted by molar-refractivity contribution is 5.34. The summed E-state index contributed by atoms with van der Waals surface area (Å²) in [6.45, 7) is 1.44. The summed E-state index contributed by atoms with van der Waals surface area (Å²) in [6.07, 6.45) is -2.63. The highest BCUT2D eigenvalue weighted by Gasteiger charge is 2.40. The topological polar surface area (TPSA) is 20.2 Å². The van der Waals surface area contributed by atoms with Crippen LogP contribution >= 0.6 is 0 Å². The van der Waals surface area contributed by atoms with Crippen molar-refractivity contribution in [2.24, 2.45) is 0 Å². The summed E-state index contributed by atoms with van der Waals surface area (Å²) in [5.74, 6) is 0. The van der Waals surface area contributed by atoms with Crippen LogP contribution in [0.2, 0.25) is 0 Å². The van der Waals surface area contributed by atoms with E-state index in [2.05, 4.69) is 0 Å². The van der Waals surface area contributed by atoms with Crippen LogP contribution in [0.15, 0.2) is 18.2 Å². The quantitative estimate of drug-likeness (QED) is 0.827. The standard InChI is InChI=1S/C12H13F3O/c1-8-2-3-9(7-11(16)4-5-11)6-10(8)12(13,14)15/h2-3,6,16H,4-5,7H2,1H3. The lowest BCUT2D eigenvalue weighted by molar-refractivity contribution is -0.138. The van der Waals surface area contributed by atoms with Crippen LogP contribution in [-0.4, -0.2) is 10.7 Å². The Labute approximate surface area is 91.9 Å². The van der Waals surface area contributed by atoms with Crippen LogP contribution < -0.4 is 0 Å². The third-order valence-corrected chi connectivity index (χ3v) is 2.97. The van der Waals surface area contributed by atoms with E-state index in [0.29, 0.717) is 24.8 Å². The zero-order valence-corrected chi connectivity index (χ0v) is 8.93. The molecule has 0 bridgehead atoms. The smallest absolute Gasteiger partial charge is 0.390 e. The Morgan fingerprint density at radius 1 is 1.31 bits per heavy atom. The third kappa shape index (κ3) is 2.38. The lowest BCUT2D eigenvalue weighted by Gasteiger charge is -2.13. The Balaban J connectivity index is 2.28. The van der Waals surface area contributed by atoms with Gasteiger partial charge in [-0.1, -0.05) is 12.1 Å². The average molecular weight is 230 g/mol. The normalized spacial score (nSPS) is 18.6. The van der Waals surface area contributed by atoms with Crippen molar-refractivity contribution >= 4 is 0 Å². The summed E-state index contributed by atoms with van der Waals surface area (Å²) in [7, 11) is 0. The molecule has 0 spiro atoms. The molecule has 4 heteroatoms. The van der Waals surface area contributed by atoms with Gasteiger partial charge in [0, 0.05) is 6.42 Å². The first kappa shape index (κ1) is 11.5. The minimum atomic E-state index is -4.31. The van der Waals surface area contributed by atoms with Crippen LogP contribution in [0, 0.1) is 6.92 Å². The average Bonchev–Trinajstić information content (AvgIpc) is 2.85. The molecule has 1 aromatic carbocycles. The highest BCUT2D eigenvalue weighted by Crippen LogP contribution is 2.39. The molecule has 16 heavy (non-hydrogen) atoms. The second-order valence-corrected chi connectivity index (χ2v) is 4.55. The van der Waals surface area contributed by atoms with Gasteiger partial charge in [0.15, 0.2) is 0 Å². The first-order valence-electron chi connectivity index (χ1n) is 5.19. The highest BCUT2D eigenvalue weighted by atomic mass is 19.4. The lowest BCUT2D eigenvalue weighted by Crippen LogP contribution is -2.13. The summed E-state index contributed by atoms with van der Waals surface area (Å²) in [5, 5.41) is 9.66.